The van der Waals surface area contributed by atoms with E-state index in [1.165, 1.54) is 36.2 Å². The SMILES string of the molecule is CCC(N)Cc1cnc(N2CCCC(C)CC2)c(C)c1. The highest BCUT2D eigenvalue weighted by Gasteiger charge is 2.17. The second-order valence-corrected chi connectivity index (χ2v) is 6.38. The molecule has 0 aromatic carbocycles. The summed E-state index contributed by atoms with van der Waals surface area (Å²) in [6, 6.07) is 2.52. The van der Waals surface area contributed by atoms with Crippen LogP contribution in [-0.2, 0) is 6.42 Å². The molecule has 0 spiro atoms. The predicted octanol–water partition coefficient (Wildman–Crippen LogP) is 3.30. The van der Waals surface area contributed by atoms with Gasteiger partial charge < -0.3 is 10.6 Å². The van der Waals surface area contributed by atoms with E-state index in [1.807, 2.05) is 6.20 Å². The van der Waals surface area contributed by atoms with Gasteiger partial charge in [0.25, 0.3) is 0 Å². The average molecular weight is 275 g/mol. The van der Waals surface area contributed by atoms with E-state index in [0.29, 0.717) is 0 Å². The Morgan fingerprint density at radius 1 is 1.40 bits per heavy atom. The monoisotopic (exact) mass is 275 g/mol. The van der Waals surface area contributed by atoms with Crippen LogP contribution in [0.3, 0.4) is 0 Å². The van der Waals surface area contributed by atoms with Gasteiger partial charge in [-0.15, -0.1) is 0 Å². The van der Waals surface area contributed by atoms with Gasteiger partial charge >= 0.3 is 0 Å². The van der Waals surface area contributed by atoms with Gasteiger partial charge in [-0.25, -0.2) is 4.98 Å². The largest absolute Gasteiger partial charge is 0.356 e. The third kappa shape index (κ3) is 3.95. The number of aryl methyl sites for hydroxylation is 1. The molecule has 3 heteroatoms. The zero-order valence-corrected chi connectivity index (χ0v) is 13.2. The zero-order chi connectivity index (χ0) is 14.5. The average Bonchev–Trinajstić information content (AvgIpc) is 2.64. The molecule has 1 aliphatic heterocycles. The van der Waals surface area contributed by atoms with Crippen molar-refractivity contribution < 1.29 is 0 Å². The lowest BCUT2D eigenvalue weighted by molar-refractivity contribution is 0.521. The number of anilines is 1. The van der Waals surface area contributed by atoms with Gasteiger partial charge in [0.1, 0.15) is 5.82 Å². The summed E-state index contributed by atoms with van der Waals surface area (Å²) in [4.78, 5) is 7.19. The maximum absolute atomic E-state index is 6.03. The minimum absolute atomic E-state index is 0.251. The number of rotatable bonds is 4. The molecule has 0 saturated carbocycles. The summed E-state index contributed by atoms with van der Waals surface area (Å²) < 4.78 is 0. The van der Waals surface area contributed by atoms with Gasteiger partial charge in [0.05, 0.1) is 0 Å². The molecule has 0 bridgehead atoms. The Labute approximate surface area is 123 Å². The van der Waals surface area contributed by atoms with Gasteiger partial charge in [-0.3, -0.25) is 0 Å². The summed E-state index contributed by atoms with van der Waals surface area (Å²) >= 11 is 0. The first-order chi connectivity index (χ1) is 9.60. The molecule has 0 amide bonds. The normalized spacial score (nSPS) is 21.6. The fourth-order valence-electron chi connectivity index (χ4n) is 2.99. The molecule has 20 heavy (non-hydrogen) atoms. The first kappa shape index (κ1) is 15.3. The highest BCUT2D eigenvalue weighted by molar-refractivity contribution is 5.47. The number of nitrogens with two attached hydrogens (primary N) is 1. The molecule has 3 nitrogen and oxygen atoms in total. The number of nitrogens with zero attached hydrogens (tertiary/aromatic N) is 2. The molecular weight excluding hydrogens is 246 g/mol. The Balaban J connectivity index is 2.08. The van der Waals surface area contributed by atoms with Crippen molar-refractivity contribution in [1.29, 1.82) is 0 Å². The summed E-state index contributed by atoms with van der Waals surface area (Å²) in [5, 5.41) is 0. The van der Waals surface area contributed by atoms with Crippen molar-refractivity contribution in [1.82, 2.24) is 4.98 Å². The topological polar surface area (TPSA) is 42.1 Å². The van der Waals surface area contributed by atoms with Crippen LogP contribution in [0.25, 0.3) is 0 Å². The third-order valence-corrected chi connectivity index (χ3v) is 4.45. The van der Waals surface area contributed by atoms with E-state index in [0.717, 1.165) is 31.8 Å². The van der Waals surface area contributed by atoms with Crippen molar-refractivity contribution in [2.75, 3.05) is 18.0 Å². The van der Waals surface area contributed by atoms with Gasteiger partial charge in [0.2, 0.25) is 0 Å². The lowest BCUT2D eigenvalue weighted by Crippen LogP contribution is -2.26. The Morgan fingerprint density at radius 3 is 2.90 bits per heavy atom. The Kier molecular flexibility index (Phi) is 5.41. The Hall–Kier alpha value is -1.09. The van der Waals surface area contributed by atoms with Crippen LogP contribution in [0.4, 0.5) is 5.82 Å². The lowest BCUT2D eigenvalue weighted by Gasteiger charge is -2.24. The maximum atomic E-state index is 6.03. The van der Waals surface area contributed by atoms with Gasteiger partial charge in [0, 0.05) is 25.3 Å². The second kappa shape index (κ2) is 7.07. The van der Waals surface area contributed by atoms with Crippen LogP contribution in [0.15, 0.2) is 12.3 Å². The van der Waals surface area contributed by atoms with E-state index in [-0.39, 0.29) is 6.04 Å². The summed E-state index contributed by atoms with van der Waals surface area (Å²) in [5.74, 6) is 2.02. The molecule has 1 saturated heterocycles. The molecule has 2 heterocycles. The zero-order valence-electron chi connectivity index (χ0n) is 13.2. The molecule has 1 aromatic rings. The predicted molar refractivity (Wildman–Crippen MR) is 86.2 cm³/mol. The quantitative estimate of drug-likeness (QED) is 0.917. The molecule has 2 rings (SSSR count). The van der Waals surface area contributed by atoms with Crippen LogP contribution in [-0.4, -0.2) is 24.1 Å². The van der Waals surface area contributed by atoms with Crippen LogP contribution < -0.4 is 10.6 Å². The van der Waals surface area contributed by atoms with E-state index >= 15 is 0 Å². The van der Waals surface area contributed by atoms with Crippen molar-refractivity contribution in [2.45, 2.75) is 58.9 Å². The standard InChI is InChI=1S/C17H29N3/c1-4-16(18)11-15-10-14(3)17(19-12-15)20-8-5-6-13(2)7-9-20/h10,12-13,16H,4-9,11,18H2,1-3H3. The first-order valence-corrected chi connectivity index (χ1v) is 8.06. The summed E-state index contributed by atoms with van der Waals surface area (Å²) in [6.45, 7) is 8.96. The summed E-state index contributed by atoms with van der Waals surface area (Å²) in [6.07, 6.45) is 7.88. The Bertz CT molecular complexity index is 430. The number of hydrogen-bond acceptors (Lipinski definition) is 3. The summed E-state index contributed by atoms with van der Waals surface area (Å²) in [5.41, 5.74) is 8.59. The van der Waals surface area contributed by atoms with Crippen LogP contribution in [0.1, 0.15) is 50.7 Å². The molecular formula is C17H29N3. The molecule has 1 aliphatic rings. The molecule has 1 aromatic heterocycles. The van der Waals surface area contributed by atoms with Crippen LogP contribution in [0.5, 0.6) is 0 Å². The molecule has 2 unspecified atom stereocenters. The van der Waals surface area contributed by atoms with Crippen LogP contribution in [0.2, 0.25) is 0 Å². The molecule has 2 atom stereocenters. The highest BCUT2D eigenvalue weighted by Crippen LogP contribution is 2.24. The highest BCUT2D eigenvalue weighted by atomic mass is 15.2. The fraction of sp³-hybridized carbons (Fsp3) is 0.706. The van der Waals surface area contributed by atoms with Crippen molar-refractivity contribution in [3.8, 4) is 0 Å². The molecule has 0 aliphatic carbocycles. The Morgan fingerprint density at radius 2 is 2.20 bits per heavy atom. The first-order valence-electron chi connectivity index (χ1n) is 8.06. The minimum Gasteiger partial charge on any atom is -0.356 e. The van der Waals surface area contributed by atoms with E-state index in [9.17, 15) is 0 Å². The smallest absolute Gasteiger partial charge is 0.131 e. The van der Waals surface area contributed by atoms with Gasteiger partial charge in [-0.05, 0) is 56.1 Å². The molecule has 112 valence electrons. The van der Waals surface area contributed by atoms with E-state index in [2.05, 4.69) is 31.7 Å². The van der Waals surface area contributed by atoms with Crippen LogP contribution in [0, 0.1) is 12.8 Å². The molecule has 1 fully saturated rings. The fourth-order valence-corrected chi connectivity index (χ4v) is 2.99. The summed E-state index contributed by atoms with van der Waals surface area (Å²) in [7, 11) is 0. The van der Waals surface area contributed by atoms with Gasteiger partial charge in [-0.1, -0.05) is 19.9 Å². The molecule has 0 radical (unpaired) electrons. The van der Waals surface area contributed by atoms with E-state index in [1.54, 1.807) is 0 Å². The van der Waals surface area contributed by atoms with Gasteiger partial charge in [0.15, 0.2) is 0 Å². The maximum Gasteiger partial charge on any atom is 0.131 e. The number of pyridine rings is 1. The lowest BCUT2D eigenvalue weighted by atomic mass is 10.0. The number of aromatic nitrogens is 1. The van der Waals surface area contributed by atoms with Crippen molar-refractivity contribution in [3.05, 3.63) is 23.4 Å². The third-order valence-electron chi connectivity index (χ3n) is 4.45. The van der Waals surface area contributed by atoms with E-state index in [4.69, 9.17) is 10.7 Å². The minimum atomic E-state index is 0.251. The second-order valence-electron chi connectivity index (χ2n) is 6.38. The van der Waals surface area contributed by atoms with Crippen molar-refractivity contribution >= 4 is 5.82 Å². The van der Waals surface area contributed by atoms with E-state index < -0.39 is 0 Å². The van der Waals surface area contributed by atoms with Gasteiger partial charge in [-0.2, -0.15) is 0 Å². The van der Waals surface area contributed by atoms with Crippen molar-refractivity contribution in [3.63, 3.8) is 0 Å². The molecule has 2 N–H and O–H groups in total. The van der Waals surface area contributed by atoms with Crippen LogP contribution >= 0.6 is 0 Å². The number of hydrogen-bond donors (Lipinski definition) is 1. The van der Waals surface area contributed by atoms with Crippen molar-refractivity contribution in [2.24, 2.45) is 11.7 Å².